The smallest absolute Gasteiger partial charge is 0.329 e. The number of nitrogens with one attached hydrogen (secondary N) is 2. The van der Waals surface area contributed by atoms with Crippen molar-refractivity contribution in [1.82, 2.24) is 10.7 Å². The third-order valence-electron chi connectivity index (χ3n) is 4.08. The highest BCUT2D eigenvalue weighted by Gasteiger charge is 2.14. The van der Waals surface area contributed by atoms with Crippen molar-refractivity contribution in [3.8, 4) is 11.5 Å². The van der Waals surface area contributed by atoms with Crippen molar-refractivity contribution in [2.24, 2.45) is 5.10 Å². The molecule has 2 rings (SSSR count). The van der Waals surface area contributed by atoms with Gasteiger partial charge in [0.15, 0.2) is 11.5 Å². The molecule has 0 fully saturated rings. The van der Waals surface area contributed by atoms with Crippen LogP contribution >= 0.6 is 0 Å². The molecule has 0 spiro atoms. The molecule has 0 aliphatic heterocycles. The van der Waals surface area contributed by atoms with E-state index in [1.807, 2.05) is 51.1 Å². The lowest BCUT2D eigenvalue weighted by molar-refractivity contribution is -0.139. The van der Waals surface area contributed by atoms with Crippen LogP contribution in [0.25, 0.3) is 0 Å². The molecule has 0 saturated heterocycles. The highest BCUT2D eigenvalue weighted by molar-refractivity contribution is 6.35. The molecule has 1 atom stereocenters. The molecule has 0 aromatic heterocycles. The maximum atomic E-state index is 11.7. The molecule has 29 heavy (non-hydrogen) atoms. The molecular weight excluding hydrogens is 370 g/mol. The Balaban J connectivity index is 1.98. The molecule has 0 radical (unpaired) electrons. The van der Waals surface area contributed by atoms with Crippen LogP contribution in [0.2, 0.25) is 0 Å². The predicted molar refractivity (Wildman–Crippen MR) is 112 cm³/mol. The Kier molecular flexibility index (Phi) is 8.69. The van der Waals surface area contributed by atoms with Gasteiger partial charge in [-0.25, -0.2) is 5.43 Å². The molecule has 0 aliphatic rings. The normalized spacial score (nSPS) is 11.7. The van der Waals surface area contributed by atoms with Gasteiger partial charge < -0.3 is 14.8 Å². The van der Waals surface area contributed by atoms with Crippen LogP contribution in [-0.2, 0) is 16.2 Å². The van der Waals surface area contributed by atoms with Gasteiger partial charge in [0.2, 0.25) is 0 Å². The average molecular weight is 397 g/mol. The highest BCUT2D eigenvalue weighted by atomic mass is 16.5. The maximum absolute atomic E-state index is 11.7. The summed E-state index contributed by atoms with van der Waals surface area (Å²) in [7, 11) is 0. The minimum atomic E-state index is -0.811. The van der Waals surface area contributed by atoms with Crippen LogP contribution in [0.5, 0.6) is 11.5 Å². The largest absolute Gasteiger partial charge is 0.490 e. The number of hydrazone groups is 1. The van der Waals surface area contributed by atoms with Crippen LogP contribution in [-0.4, -0.2) is 30.7 Å². The summed E-state index contributed by atoms with van der Waals surface area (Å²) < 4.78 is 11.5. The fourth-order valence-electron chi connectivity index (χ4n) is 2.34. The fourth-order valence-corrected chi connectivity index (χ4v) is 2.34. The number of hydrogen-bond acceptors (Lipinski definition) is 5. The lowest BCUT2D eigenvalue weighted by Crippen LogP contribution is -2.41. The second-order valence-corrected chi connectivity index (χ2v) is 6.40. The van der Waals surface area contributed by atoms with Gasteiger partial charge in [0.1, 0.15) is 6.61 Å². The molecule has 154 valence electrons. The number of ether oxygens (including phenoxy) is 2. The first kappa shape index (κ1) is 21.9. The lowest BCUT2D eigenvalue weighted by Gasteiger charge is -2.12. The van der Waals surface area contributed by atoms with Crippen molar-refractivity contribution in [2.75, 3.05) is 6.61 Å². The van der Waals surface area contributed by atoms with E-state index >= 15 is 0 Å². The molecule has 2 aromatic rings. The highest BCUT2D eigenvalue weighted by Crippen LogP contribution is 2.28. The van der Waals surface area contributed by atoms with Crippen molar-refractivity contribution in [1.29, 1.82) is 0 Å². The van der Waals surface area contributed by atoms with Gasteiger partial charge in [0.25, 0.3) is 0 Å². The summed E-state index contributed by atoms with van der Waals surface area (Å²) in [6.07, 6.45) is 2.18. The molecule has 2 amide bonds. The first-order valence-corrected chi connectivity index (χ1v) is 9.61. The second kappa shape index (κ2) is 11.5. The van der Waals surface area contributed by atoms with Gasteiger partial charge in [-0.15, -0.1) is 0 Å². The van der Waals surface area contributed by atoms with Crippen molar-refractivity contribution >= 4 is 18.0 Å². The molecule has 2 aromatic carbocycles. The van der Waals surface area contributed by atoms with Crippen LogP contribution in [0.4, 0.5) is 0 Å². The summed E-state index contributed by atoms with van der Waals surface area (Å²) in [5, 5.41) is 6.42. The summed E-state index contributed by atoms with van der Waals surface area (Å²) >= 11 is 0. The Morgan fingerprint density at radius 1 is 1.03 bits per heavy atom. The van der Waals surface area contributed by atoms with E-state index in [0.717, 1.165) is 12.0 Å². The fraction of sp³-hybridized carbons (Fsp3) is 0.318. The van der Waals surface area contributed by atoms with Gasteiger partial charge in [0, 0.05) is 6.04 Å². The Hall–Kier alpha value is -3.35. The van der Waals surface area contributed by atoms with E-state index in [-0.39, 0.29) is 6.04 Å². The Morgan fingerprint density at radius 3 is 2.48 bits per heavy atom. The molecule has 0 aliphatic carbocycles. The van der Waals surface area contributed by atoms with E-state index in [4.69, 9.17) is 9.47 Å². The van der Waals surface area contributed by atoms with Crippen molar-refractivity contribution in [2.45, 2.75) is 39.8 Å². The molecule has 0 heterocycles. The van der Waals surface area contributed by atoms with Gasteiger partial charge in [-0.2, -0.15) is 5.10 Å². The van der Waals surface area contributed by atoms with Gasteiger partial charge in [-0.05, 0) is 49.6 Å². The number of carbonyl (C=O) groups excluding carboxylic acids is 2. The summed E-state index contributed by atoms with van der Waals surface area (Å²) in [6, 6.07) is 15.1. The summed E-state index contributed by atoms with van der Waals surface area (Å²) in [6.45, 7) is 6.54. The molecule has 2 N–H and O–H groups in total. The lowest BCUT2D eigenvalue weighted by atomic mass is 10.2. The zero-order valence-corrected chi connectivity index (χ0v) is 17.0. The number of benzene rings is 2. The maximum Gasteiger partial charge on any atom is 0.329 e. The number of rotatable bonds is 9. The monoisotopic (exact) mass is 397 g/mol. The molecular formula is C22H27N3O4. The van der Waals surface area contributed by atoms with E-state index in [2.05, 4.69) is 15.8 Å². The zero-order valence-electron chi connectivity index (χ0n) is 17.0. The van der Waals surface area contributed by atoms with Gasteiger partial charge >= 0.3 is 11.8 Å². The van der Waals surface area contributed by atoms with Crippen LogP contribution in [0, 0.1) is 0 Å². The summed E-state index contributed by atoms with van der Waals surface area (Å²) in [5.41, 5.74) is 3.97. The quantitative estimate of drug-likeness (QED) is 0.387. The SMILES string of the molecule is CCOc1cc(/C=N\NC(=O)C(=O)N[C@@H](C)CC)ccc1OCc1ccccc1. The van der Waals surface area contributed by atoms with Crippen molar-refractivity contribution in [3.05, 3.63) is 59.7 Å². The van der Waals surface area contributed by atoms with Crippen LogP contribution in [0.15, 0.2) is 53.6 Å². The van der Waals surface area contributed by atoms with E-state index in [1.165, 1.54) is 6.21 Å². The van der Waals surface area contributed by atoms with Crippen LogP contribution < -0.4 is 20.2 Å². The molecule has 0 bridgehead atoms. The van der Waals surface area contributed by atoms with Crippen molar-refractivity contribution < 1.29 is 19.1 Å². The first-order valence-electron chi connectivity index (χ1n) is 9.61. The van der Waals surface area contributed by atoms with Crippen molar-refractivity contribution in [3.63, 3.8) is 0 Å². The molecule has 0 saturated carbocycles. The van der Waals surface area contributed by atoms with Crippen LogP contribution in [0.1, 0.15) is 38.3 Å². The molecule has 0 unspecified atom stereocenters. The van der Waals surface area contributed by atoms with E-state index in [0.29, 0.717) is 30.3 Å². The second-order valence-electron chi connectivity index (χ2n) is 6.40. The predicted octanol–water partition coefficient (Wildman–Crippen LogP) is 3.03. The summed E-state index contributed by atoms with van der Waals surface area (Å²) in [5.74, 6) is -0.330. The minimum absolute atomic E-state index is 0.0746. The summed E-state index contributed by atoms with van der Waals surface area (Å²) in [4.78, 5) is 23.4. The first-order chi connectivity index (χ1) is 14.0. The number of amides is 2. The third kappa shape index (κ3) is 7.29. The zero-order chi connectivity index (χ0) is 21.1. The average Bonchev–Trinajstić information content (AvgIpc) is 2.73. The van der Waals surface area contributed by atoms with Gasteiger partial charge in [-0.3, -0.25) is 9.59 Å². The molecule has 7 nitrogen and oxygen atoms in total. The Bertz CT molecular complexity index is 837. The third-order valence-corrected chi connectivity index (χ3v) is 4.08. The number of carbonyl (C=O) groups is 2. The number of nitrogens with zero attached hydrogens (tertiary/aromatic N) is 1. The number of hydrogen-bond donors (Lipinski definition) is 2. The van der Waals surface area contributed by atoms with Gasteiger partial charge in [0.05, 0.1) is 12.8 Å². The standard InChI is InChI=1S/C22H27N3O4/c1-4-16(3)24-21(26)22(27)25-23-14-18-11-12-19(20(13-18)28-5-2)29-15-17-9-7-6-8-10-17/h6-14,16H,4-5,15H2,1-3H3,(H,24,26)(H,25,27)/b23-14-/t16-/m0/s1. The van der Waals surface area contributed by atoms with E-state index < -0.39 is 11.8 Å². The minimum Gasteiger partial charge on any atom is -0.490 e. The topological polar surface area (TPSA) is 89.0 Å². The van der Waals surface area contributed by atoms with E-state index in [9.17, 15) is 9.59 Å². The Morgan fingerprint density at radius 2 is 1.79 bits per heavy atom. The van der Waals surface area contributed by atoms with E-state index in [1.54, 1.807) is 18.2 Å². The van der Waals surface area contributed by atoms with Gasteiger partial charge in [-0.1, -0.05) is 37.3 Å². The Labute approximate surface area is 171 Å². The van der Waals surface area contributed by atoms with Crippen LogP contribution in [0.3, 0.4) is 0 Å². The molecule has 7 heteroatoms.